The smallest absolute Gasteiger partial charge is 0.185 e. The predicted octanol–water partition coefficient (Wildman–Crippen LogP) is 1.80. The molecule has 2 unspecified atom stereocenters. The summed E-state index contributed by atoms with van der Waals surface area (Å²) in [5.41, 5.74) is 0. The van der Waals surface area contributed by atoms with Crippen LogP contribution in [0.3, 0.4) is 0 Å². The third-order valence-corrected chi connectivity index (χ3v) is 1.33. The van der Waals surface area contributed by atoms with Crippen LogP contribution in [0.2, 0.25) is 0 Å². The molecule has 0 amide bonds. The Hall–Kier alpha value is 0.743. The molecule has 60 valence electrons. The summed E-state index contributed by atoms with van der Waals surface area (Å²) in [6, 6.07) is 0. The van der Waals surface area contributed by atoms with Crippen molar-refractivity contribution in [1.82, 2.24) is 0 Å². The average Bonchev–Trinajstić information content (AvgIpc) is 1.89. The van der Waals surface area contributed by atoms with Crippen LogP contribution < -0.4 is 0 Å². The Kier molecular flexibility index (Phi) is 21.5. The summed E-state index contributed by atoms with van der Waals surface area (Å²) < 4.78 is 18.9. The summed E-state index contributed by atoms with van der Waals surface area (Å²) >= 11 is 0. The first kappa shape index (κ1) is 17.7. The largest absolute Gasteiger partial charge is 2.00 e. The zero-order chi connectivity index (χ0) is 8.57. The van der Waals surface area contributed by atoms with E-state index in [2.05, 4.69) is 0 Å². The summed E-state index contributed by atoms with van der Waals surface area (Å²) in [6.45, 7) is 3.08. The topological polar surface area (TPSA) is 74.6 Å². The van der Waals surface area contributed by atoms with Crippen LogP contribution in [0.1, 0.15) is 13.8 Å². The van der Waals surface area contributed by atoms with Gasteiger partial charge in [-0.1, -0.05) is 9.13 Å². The van der Waals surface area contributed by atoms with Gasteiger partial charge < -0.3 is 0 Å². The van der Waals surface area contributed by atoms with E-state index in [4.69, 9.17) is 9.79 Å². The average molecular weight is 249 g/mol. The van der Waals surface area contributed by atoms with E-state index < -0.39 is 16.1 Å². The van der Waals surface area contributed by atoms with E-state index in [9.17, 15) is 9.13 Å². The first-order valence-electron chi connectivity index (χ1n) is 2.44. The molecule has 0 bridgehead atoms. The van der Waals surface area contributed by atoms with Gasteiger partial charge in [-0.15, -0.1) is 13.8 Å². The van der Waals surface area contributed by atoms with Gasteiger partial charge in [0, 0.05) is 0 Å². The predicted molar refractivity (Wildman–Crippen MR) is 39.6 cm³/mol. The molecule has 0 aromatic carbocycles. The van der Waals surface area contributed by atoms with Crippen molar-refractivity contribution in [3.63, 3.8) is 0 Å². The molecule has 0 aromatic heterocycles. The summed E-state index contributed by atoms with van der Waals surface area (Å²) in [5.74, 6) is 0. The van der Waals surface area contributed by atoms with Crippen LogP contribution in [-0.4, -0.2) is 9.79 Å². The van der Waals surface area contributed by atoms with Crippen molar-refractivity contribution < 1.29 is 38.4 Å². The Morgan fingerprint density at radius 1 is 1.00 bits per heavy atom. The van der Waals surface area contributed by atoms with E-state index in [0.29, 0.717) is 0 Å². The monoisotopic (exact) mass is 248 g/mol. The number of rotatable bonds is 2. The van der Waals surface area contributed by atoms with Crippen molar-refractivity contribution in [3.8, 4) is 0 Å². The summed E-state index contributed by atoms with van der Waals surface area (Å²) in [7, 11) is -3.95. The third-order valence-electron chi connectivity index (χ3n) is 0.442. The van der Waals surface area contributed by atoms with Crippen molar-refractivity contribution >= 4 is 16.1 Å². The maximum absolute atomic E-state index is 9.46. The van der Waals surface area contributed by atoms with Gasteiger partial charge in [0.2, 0.25) is 0 Å². The van der Waals surface area contributed by atoms with Gasteiger partial charge in [-0.3, -0.25) is 0 Å². The van der Waals surface area contributed by atoms with Gasteiger partial charge in [0.15, 0.2) is 0 Å². The molecule has 0 aliphatic heterocycles. The SMILES string of the molecule is C[CH-][P+](=O)O.C[CH-][P+](=O)O.[Zn+2]. The minimum absolute atomic E-state index is 0. The van der Waals surface area contributed by atoms with Gasteiger partial charge in [0.1, 0.15) is 0 Å². The quantitative estimate of drug-likeness (QED) is 0.444. The standard InChI is InChI=1S/2C2H5O2P.Zn/c2*1-2-5(3)4;/h2*2H,1H3,(H,3,4);/q;;+2. The van der Waals surface area contributed by atoms with Crippen LogP contribution in [0, 0.1) is 12.3 Å². The Bertz CT molecular complexity index is 105. The Labute approximate surface area is 80.9 Å². The van der Waals surface area contributed by atoms with Gasteiger partial charge >= 0.3 is 35.5 Å². The summed E-state index contributed by atoms with van der Waals surface area (Å²) in [5, 5.41) is 0. The molecular weight excluding hydrogens is 239 g/mol. The van der Waals surface area contributed by atoms with E-state index in [-0.39, 0.29) is 19.5 Å². The maximum Gasteiger partial charge on any atom is 2.00 e. The number of hydrogen-bond donors (Lipinski definition) is 2. The molecule has 0 spiro atoms. The zero-order valence-corrected chi connectivity index (χ0v) is 11.2. The van der Waals surface area contributed by atoms with Gasteiger partial charge in [-0.05, 0) is 12.3 Å². The van der Waals surface area contributed by atoms with Crippen molar-refractivity contribution in [2.24, 2.45) is 0 Å². The fraction of sp³-hybridized carbons (Fsp3) is 0.500. The molecule has 0 aliphatic rings. The van der Waals surface area contributed by atoms with Crippen LogP contribution in [0.4, 0.5) is 0 Å². The molecule has 2 atom stereocenters. The second kappa shape index (κ2) is 13.3. The fourth-order valence-corrected chi connectivity index (χ4v) is 0. The molecule has 0 aromatic rings. The van der Waals surface area contributed by atoms with E-state index in [0.717, 1.165) is 0 Å². The molecule has 0 aliphatic carbocycles. The minimum atomic E-state index is -1.97. The molecule has 4 nitrogen and oxygen atoms in total. The van der Waals surface area contributed by atoms with Gasteiger partial charge in [0.05, 0.1) is 0 Å². The van der Waals surface area contributed by atoms with Crippen molar-refractivity contribution in [2.75, 3.05) is 0 Å². The maximum atomic E-state index is 9.46. The fourth-order valence-electron chi connectivity index (χ4n) is 0. The molecule has 7 heteroatoms. The van der Waals surface area contributed by atoms with E-state index in [1.165, 1.54) is 12.3 Å². The second-order valence-corrected chi connectivity index (χ2v) is 3.36. The first-order valence-corrected chi connectivity index (χ1v) is 5.00. The third kappa shape index (κ3) is 36.5. The molecule has 0 saturated heterocycles. The zero-order valence-electron chi connectivity index (χ0n) is 6.47. The molecule has 0 fully saturated rings. The van der Waals surface area contributed by atoms with Crippen molar-refractivity contribution in [3.05, 3.63) is 12.3 Å². The molecular formula is C4H10O4P2Zn+2. The van der Waals surface area contributed by atoms with Gasteiger partial charge in [-0.2, -0.15) is 9.79 Å². The van der Waals surface area contributed by atoms with Gasteiger partial charge in [0.25, 0.3) is 0 Å². The Morgan fingerprint density at radius 3 is 1.09 bits per heavy atom. The van der Waals surface area contributed by atoms with Crippen LogP contribution in [0.25, 0.3) is 0 Å². The molecule has 0 saturated carbocycles. The Balaban J connectivity index is -0.000000107. The normalized spacial score (nSPS) is 10.2. The van der Waals surface area contributed by atoms with Gasteiger partial charge in [-0.25, -0.2) is 0 Å². The van der Waals surface area contributed by atoms with E-state index in [1.54, 1.807) is 13.8 Å². The van der Waals surface area contributed by atoms with Crippen molar-refractivity contribution in [1.29, 1.82) is 0 Å². The molecule has 0 heterocycles. The number of hydrogen-bond acceptors (Lipinski definition) is 2. The molecule has 11 heavy (non-hydrogen) atoms. The molecule has 0 rings (SSSR count). The van der Waals surface area contributed by atoms with Crippen LogP contribution in [-0.2, 0) is 28.6 Å². The first-order chi connectivity index (χ1) is 4.54. The van der Waals surface area contributed by atoms with Crippen molar-refractivity contribution in [2.45, 2.75) is 13.8 Å². The summed E-state index contributed by atoms with van der Waals surface area (Å²) in [4.78, 5) is 15.6. The van der Waals surface area contributed by atoms with Crippen LogP contribution in [0.15, 0.2) is 0 Å². The van der Waals surface area contributed by atoms with Crippen LogP contribution >= 0.6 is 16.1 Å². The van der Waals surface area contributed by atoms with Crippen LogP contribution in [0.5, 0.6) is 0 Å². The Morgan fingerprint density at radius 2 is 1.09 bits per heavy atom. The molecule has 0 radical (unpaired) electrons. The van der Waals surface area contributed by atoms with E-state index >= 15 is 0 Å². The van der Waals surface area contributed by atoms with E-state index in [1.807, 2.05) is 0 Å². The molecule has 2 N–H and O–H groups in total. The summed E-state index contributed by atoms with van der Waals surface area (Å²) in [6.07, 6.45) is 2.46. The minimum Gasteiger partial charge on any atom is -0.185 e. The second-order valence-electron chi connectivity index (χ2n) is 1.12.